The van der Waals surface area contributed by atoms with Gasteiger partial charge in [0.15, 0.2) is 5.96 Å². The standard InChI is InChI=1S/C25H34N6O6/c1-27-10-11-36-12-13-37-24(35)20(8-9-21(32)33)30-23(34)17-5-2-16(3-6-17)4-7-18-14-28-22-19(18)15-29-25(26)31-22/h2-3,5-6,14,20,27-28H,4,7-13,15H2,1H3,(H,30,34)(H,32,33)(H3,26,29,31). The Morgan fingerprint density at radius 3 is 2.68 bits per heavy atom. The summed E-state index contributed by atoms with van der Waals surface area (Å²) in [7, 11) is 1.80. The zero-order chi connectivity index (χ0) is 26.6. The lowest BCUT2D eigenvalue weighted by atomic mass is 10.0. The zero-order valence-corrected chi connectivity index (χ0v) is 20.8. The van der Waals surface area contributed by atoms with E-state index >= 15 is 0 Å². The largest absolute Gasteiger partial charge is 0.481 e. The van der Waals surface area contributed by atoms with Gasteiger partial charge in [-0.25, -0.2) is 9.79 Å². The number of hydrogen-bond donors (Lipinski definition) is 6. The van der Waals surface area contributed by atoms with Crippen molar-refractivity contribution in [3.05, 3.63) is 52.7 Å². The van der Waals surface area contributed by atoms with Crippen molar-refractivity contribution in [3.63, 3.8) is 0 Å². The number of aryl methyl sites for hydroxylation is 2. The molecule has 0 saturated heterocycles. The highest BCUT2D eigenvalue weighted by atomic mass is 16.6. The Hall–Kier alpha value is -3.90. The van der Waals surface area contributed by atoms with Crippen LogP contribution in [0, 0.1) is 0 Å². The second kappa shape index (κ2) is 14.0. The van der Waals surface area contributed by atoms with Crippen molar-refractivity contribution < 1.29 is 29.0 Å². The summed E-state index contributed by atoms with van der Waals surface area (Å²) in [6, 6.07) is 5.99. The van der Waals surface area contributed by atoms with E-state index in [1.54, 1.807) is 19.2 Å². The maximum atomic E-state index is 12.8. The van der Waals surface area contributed by atoms with Crippen LogP contribution in [0.5, 0.6) is 0 Å². The highest BCUT2D eigenvalue weighted by molar-refractivity contribution is 5.97. The molecule has 3 rings (SSSR count). The number of amides is 1. The molecule has 200 valence electrons. The second-order valence-corrected chi connectivity index (χ2v) is 8.53. The second-order valence-electron chi connectivity index (χ2n) is 8.53. The summed E-state index contributed by atoms with van der Waals surface area (Å²) in [5, 5.41) is 17.6. The number of ether oxygens (including phenoxy) is 2. The van der Waals surface area contributed by atoms with Crippen LogP contribution in [0.4, 0.5) is 5.82 Å². The van der Waals surface area contributed by atoms with E-state index in [0.29, 0.717) is 31.2 Å². The van der Waals surface area contributed by atoms with Gasteiger partial charge in [0.05, 0.1) is 19.8 Å². The predicted octanol–water partition coefficient (Wildman–Crippen LogP) is 0.783. The summed E-state index contributed by atoms with van der Waals surface area (Å²) >= 11 is 0. The van der Waals surface area contributed by atoms with Crippen molar-refractivity contribution in [1.82, 2.24) is 15.6 Å². The average Bonchev–Trinajstić information content (AvgIpc) is 3.29. The molecule has 1 aliphatic rings. The van der Waals surface area contributed by atoms with Crippen LogP contribution >= 0.6 is 0 Å². The number of esters is 1. The Morgan fingerprint density at radius 2 is 1.95 bits per heavy atom. The number of nitrogens with zero attached hydrogens (tertiary/aromatic N) is 1. The smallest absolute Gasteiger partial charge is 0.328 e. The van der Waals surface area contributed by atoms with Crippen molar-refractivity contribution in [2.24, 2.45) is 10.7 Å². The molecule has 1 atom stereocenters. The molecular weight excluding hydrogens is 480 g/mol. The molecule has 0 fully saturated rings. The normalized spacial score (nSPS) is 13.2. The van der Waals surface area contributed by atoms with Crippen LogP contribution in [0.2, 0.25) is 0 Å². The van der Waals surface area contributed by atoms with Crippen LogP contribution in [-0.4, -0.2) is 73.4 Å². The first kappa shape index (κ1) is 27.7. The number of guanidine groups is 1. The number of benzene rings is 1. The van der Waals surface area contributed by atoms with Crippen molar-refractivity contribution in [2.45, 2.75) is 38.3 Å². The number of nitrogens with two attached hydrogens (primary N) is 1. The minimum atomic E-state index is -1.08. The van der Waals surface area contributed by atoms with E-state index in [1.165, 1.54) is 0 Å². The molecule has 0 bridgehead atoms. The van der Waals surface area contributed by atoms with Gasteiger partial charge in [0, 0.05) is 30.3 Å². The van der Waals surface area contributed by atoms with E-state index < -0.39 is 23.9 Å². The number of aliphatic carboxylic acids is 1. The summed E-state index contributed by atoms with van der Waals surface area (Å²) in [4.78, 5) is 43.6. The highest BCUT2D eigenvalue weighted by Gasteiger charge is 2.24. The van der Waals surface area contributed by atoms with Crippen LogP contribution in [0.3, 0.4) is 0 Å². The quantitative estimate of drug-likeness (QED) is 0.148. The summed E-state index contributed by atoms with van der Waals surface area (Å²) in [6.45, 7) is 1.88. The van der Waals surface area contributed by atoms with Crippen LogP contribution in [0.1, 0.15) is 39.9 Å². The van der Waals surface area contributed by atoms with E-state index in [0.717, 1.165) is 35.3 Å². The number of fused-ring (bicyclic) bond motifs is 1. The van der Waals surface area contributed by atoms with Gasteiger partial charge in [0.1, 0.15) is 18.5 Å². The number of likely N-dealkylation sites (N-methyl/N-ethyl adjacent to an activating group) is 1. The third kappa shape index (κ3) is 8.62. The maximum Gasteiger partial charge on any atom is 0.328 e. The monoisotopic (exact) mass is 514 g/mol. The van der Waals surface area contributed by atoms with E-state index in [1.807, 2.05) is 18.3 Å². The number of hydrogen-bond acceptors (Lipinski definition) is 9. The minimum absolute atomic E-state index is 0.0107. The third-order valence-corrected chi connectivity index (χ3v) is 5.84. The van der Waals surface area contributed by atoms with Crippen LogP contribution in [0.25, 0.3) is 0 Å². The maximum absolute atomic E-state index is 12.8. The van der Waals surface area contributed by atoms with Crippen molar-refractivity contribution >= 4 is 29.6 Å². The van der Waals surface area contributed by atoms with Gasteiger partial charge < -0.3 is 41.2 Å². The molecule has 1 unspecified atom stereocenters. The Balaban J connectivity index is 1.52. The van der Waals surface area contributed by atoms with Gasteiger partial charge in [-0.3, -0.25) is 9.59 Å². The SMILES string of the molecule is CNCCOCCOC(=O)C(CCC(=O)O)NC(=O)c1ccc(CCc2c[nH]c3c2CN=C(N)N3)cc1. The number of carbonyl (C=O) groups is 3. The van der Waals surface area contributed by atoms with E-state index in [-0.39, 0.29) is 26.1 Å². The number of aliphatic imine (C=N–C) groups is 1. The van der Waals surface area contributed by atoms with Gasteiger partial charge >= 0.3 is 11.9 Å². The number of nitrogens with one attached hydrogen (secondary N) is 4. The first-order chi connectivity index (χ1) is 17.9. The van der Waals surface area contributed by atoms with E-state index in [2.05, 4.69) is 25.9 Å². The van der Waals surface area contributed by atoms with Gasteiger partial charge in [0.2, 0.25) is 0 Å². The van der Waals surface area contributed by atoms with Crippen LogP contribution in [-0.2, 0) is 38.4 Å². The molecule has 2 aromatic rings. The van der Waals surface area contributed by atoms with Gasteiger partial charge in [0.25, 0.3) is 5.91 Å². The third-order valence-electron chi connectivity index (χ3n) is 5.84. The fourth-order valence-corrected chi connectivity index (χ4v) is 3.78. The lowest BCUT2D eigenvalue weighted by molar-refractivity contribution is -0.148. The van der Waals surface area contributed by atoms with Gasteiger partial charge in [-0.05, 0) is 49.6 Å². The number of carbonyl (C=O) groups excluding carboxylic acids is 2. The zero-order valence-electron chi connectivity index (χ0n) is 20.8. The molecular formula is C25H34N6O6. The molecule has 1 amide bonds. The number of anilines is 1. The van der Waals surface area contributed by atoms with Crippen LogP contribution < -0.4 is 21.7 Å². The molecule has 1 aromatic carbocycles. The summed E-state index contributed by atoms with van der Waals surface area (Å²) in [6.07, 6.45) is 3.13. The van der Waals surface area contributed by atoms with Crippen molar-refractivity contribution in [3.8, 4) is 0 Å². The van der Waals surface area contributed by atoms with Gasteiger partial charge in [-0.2, -0.15) is 0 Å². The Labute approximate surface area is 215 Å². The summed E-state index contributed by atoms with van der Waals surface area (Å²) < 4.78 is 10.5. The fourth-order valence-electron chi connectivity index (χ4n) is 3.78. The van der Waals surface area contributed by atoms with Gasteiger partial charge in [-0.1, -0.05) is 12.1 Å². The van der Waals surface area contributed by atoms with E-state index in [4.69, 9.17) is 20.3 Å². The summed E-state index contributed by atoms with van der Waals surface area (Å²) in [5.41, 5.74) is 9.35. The number of aromatic nitrogens is 1. The molecule has 0 saturated carbocycles. The van der Waals surface area contributed by atoms with Crippen molar-refractivity contribution in [1.29, 1.82) is 0 Å². The molecule has 12 heteroatoms. The Morgan fingerprint density at radius 1 is 1.16 bits per heavy atom. The molecule has 12 nitrogen and oxygen atoms in total. The number of carboxylic acids is 1. The predicted molar refractivity (Wildman–Crippen MR) is 137 cm³/mol. The minimum Gasteiger partial charge on any atom is -0.481 e. The van der Waals surface area contributed by atoms with Gasteiger partial charge in [-0.15, -0.1) is 0 Å². The molecule has 0 spiro atoms. The van der Waals surface area contributed by atoms with E-state index in [9.17, 15) is 14.4 Å². The molecule has 1 aliphatic heterocycles. The molecule has 37 heavy (non-hydrogen) atoms. The summed E-state index contributed by atoms with van der Waals surface area (Å²) in [5.74, 6) is -0.986. The first-order valence-corrected chi connectivity index (χ1v) is 12.1. The molecule has 0 aliphatic carbocycles. The van der Waals surface area contributed by atoms with Crippen LogP contribution in [0.15, 0.2) is 35.5 Å². The topological polar surface area (TPSA) is 180 Å². The Bertz CT molecular complexity index is 1100. The lowest BCUT2D eigenvalue weighted by Crippen LogP contribution is -2.42. The Kier molecular flexibility index (Phi) is 10.5. The highest BCUT2D eigenvalue weighted by Crippen LogP contribution is 2.24. The lowest BCUT2D eigenvalue weighted by Gasteiger charge is -2.17. The fraction of sp³-hybridized carbons (Fsp3) is 0.440. The number of H-pyrrole nitrogens is 1. The first-order valence-electron chi connectivity index (χ1n) is 12.1. The molecule has 2 heterocycles. The molecule has 7 N–H and O–H groups in total. The molecule has 0 radical (unpaired) electrons. The van der Waals surface area contributed by atoms with Crippen molar-refractivity contribution in [2.75, 3.05) is 38.7 Å². The number of rotatable bonds is 15. The number of aromatic amines is 1. The number of carboxylic acid groups (broad SMARTS) is 1. The average molecular weight is 515 g/mol. The molecule has 1 aromatic heterocycles.